The number of carbonyl (C=O) groups excluding carboxylic acids is 1. The summed E-state index contributed by atoms with van der Waals surface area (Å²) in [5.74, 6) is -0.157. The molecule has 0 radical (unpaired) electrons. The molecule has 2 aromatic carbocycles. The summed E-state index contributed by atoms with van der Waals surface area (Å²) in [6.07, 6.45) is 1.53. The Morgan fingerprint density at radius 2 is 1.68 bits per heavy atom. The number of aliphatic imine (C=N–C) groups is 1. The minimum absolute atomic E-state index is 0.00479. The highest BCUT2D eigenvalue weighted by atomic mass is 16.3. The van der Waals surface area contributed by atoms with Gasteiger partial charge in [-0.25, -0.2) is 0 Å². The molecule has 3 N–H and O–H groups in total. The average molecular weight is 383 g/mol. The van der Waals surface area contributed by atoms with Crippen LogP contribution in [0.3, 0.4) is 0 Å². The Balaban J connectivity index is 2.25. The second kappa shape index (κ2) is 8.05. The Kier molecular flexibility index (Phi) is 6.17. The topological polar surface area (TPSA) is 81.9 Å². The third kappa shape index (κ3) is 5.35. The highest BCUT2D eigenvalue weighted by molar-refractivity contribution is 5.95. The van der Waals surface area contributed by atoms with Crippen molar-refractivity contribution < 1.29 is 15.0 Å². The predicted molar refractivity (Wildman–Crippen MR) is 115 cm³/mol. The molecule has 0 aliphatic heterocycles. The number of nitrogens with one attached hydrogen (secondary N) is 1. The van der Waals surface area contributed by atoms with Crippen LogP contribution < -0.4 is 5.32 Å². The number of phenols is 2. The van der Waals surface area contributed by atoms with Crippen LogP contribution in [0, 0.1) is 0 Å². The number of hydrogen-bond donors (Lipinski definition) is 3. The molecule has 0 aliphatic rings. The molecule has 5 nitrogen and oxygen atoms in total. The van der Waals surface area contributed by atoms with Crippen molar-refractivity contribution in [3.05, 3.63) is 53.1 Å². The number of aromatic hydroxyl groups is 2. The van der Waals surface area contributed by atoms with Crippen LogP contribution in [-0.4, -0.2) is 28.9 Å². The maximum absolute atomic E-state index is 12.1. The van der Waals surface area contributed by atoms with Crippen LogP contribution in [-0.2, 0) is 15.6 Å². The van der Waals surface area contributed by atoms with Crippen molar-refractivity contribution in [2.24, 2.45) is 4.99 Å². The van der Waals surface area contributed by atoms with E-state index in [0.717, 1.165) is 11.1 Å². The van der Waals surface area contributed by atoms with Crippen molar-refractivity contribution in [3.63, 3.8) is 0 Å². The molecule has 0 unspecified atom stereocenters. The number of para-hydroxylation sites is 2. The highest BCUT2D eigenvalue weighted by Gasteiger charge is 2.24. The summed E-state index contributed by atoms with van der Waals surface area (Å²) in [5, 5.41) is 23.1. The van der Waals surface area contributed by atoms with E-state index in [2.05, 4.69) is 51.9 Å². The Morgan fingerprint density at radius 3 is 2.25 bits per heavy atom. The number of benzene rings is 2. The van der Waals surface area contributed by atoms with Crippen LogP contribution in [0.15, 0.2) is 41.4 Å². The Morgan fingerprint density at radius 1 is 1.04 bits per heavy atom. The molecule has 0 saturated carbocycles. The van der Waals surface area contributed by atoms with Gasteiger partial charge < -0.3 is 15.5 Å². The lowest BCUT2D eigenvalue weighted by Crippen LogP contribution is -2.18. The average Bonchev–Trinajstić information content (AvgIpc) is 2.56. The minimum Gasteiger partial charge on any atom is -0.507 e. The van der Waals surface area contributed by atoms with Crippen molar-refractivity contribution in [2.45, 2.75) is 52.4 Å². The third-order valence-electron chi connectivity index (χ3n) is 4.46. The summed E-state index contributed by atoms with van der Waals surface area (Å²) in [5.41, 5.74) is 2.56. The normalized spacial score (nSPS) is 12.4. The molecular formula is C23H30N2O3. The van der Waals surface area contributed by atoms with E-state index in [-0.39, 0.29) is 34.8 Å². The molecule has 0 spiro atoms. The van der Waals surface area contributed by atoms with E-state index in [0.29, 0.717) is 11.3 Å². The molecule has 0 saturated heterocycles. The van der Waals surface area contributed by atoms with Gasteiger partial charge in [-0.3, -0.25) is 9.79 Å². The molecule has 0 aromatic heterocycles. The molecular weight excluding hydrogens is 352 g/mol. The van der Waals surface area contributed by atoms with Gasteiger partial charge in [0.25, 0.3) is 0 Å². The van der Waals surface area contributed by atoms with Crippen molar-refractivity contribution in [2.75, 3.05) is 11.9 Å². The van der Waals surface area contributed by atoms with E-state index in [1.165, 1.54) is 12.3 Å². The fourth-order valence-electron chi connectivity index (χ4n) is 2.76. The lowest BCUT2D eigenvalue weighted by Gasteiger charge is -2.26. The Hall–Kier alpha value is -2.82. The minimum atomic E-state index is -0.347. The Labute approximate surface area is 167 Å². The molecule has 0 fully saturated rings. The number of anilines is 1. The fourth-order valence-corrected chi connectivity index (χ4v) is 2.76. The molecule has 2 aromatic rings. The SMILES string of the molecule is CC(C)(C)c1cc(C=NCC(=O)Nc2ccccc2O)c(O)c(C(C)(C)C)c1. The lowest BCUT2D eigenvalue weighted by molar-refractivity contribution is -0.114. The predicted octanol–water partition coefficient (Wildman–Crippen LogP) is 4.75. The van der Waals surface area contributed by atoms with Crippen molar-refractivity contribution in [1.82, 2.24) is 0 Å². The first-order chi connectivity index (χ1) is 12.9. The number of carbonyl (C=O) groups is 1. The molecule has 0 heterocycles. The van der Waals surface area contributed by atoms with Gasteiger partial charge in [-0.2, -0.15) is 0 Å². The third-order valence-corrected chi connectivity index (χ3v) is 4.46. The monoisotopic (exact) mass is 382 g/mol. The molecule has 1 amide bonds. The highest BCUT2D eigenvalue weighted by Crippen LogP contribution is 2.37. The zero-order valence-corrected chi connectivity index (χ0v) is 17.5. The molecule has 150 valence electrons. The van der Waals surface area contributed by atoms with Crippen LogP contribution in [0.4, 0.5) is 5.69 Å². The lowest BCUT2D eigenvalue weighted by atomic mass is 9.79. The second-order valence-electron chi connectivity index (χ2n) is 9.00. The summed E-state index contributed by atoms with van der Waals surface area (Å²) >= 11 is 0. The van der Waals surface area contributed by atoms with Crippen LogP contribution >= 0.6 is 0 Å². The smallest absolute Gasteiger partial charge is 0.246 e. The van der Waals surface area contributed by atoms with E-state index in [9.17, 15) is 15.0 Å². The molecule has 0 bridgehead atoms. The quantitative estimate of drug-likeness (QED) is 0.527. The number of amides is 1. The van der Waals surface area contributed by atoms with Crippen molar-refractivity contribution in [1.29, 1.82) is 0 Å². The van der Waals surface area contributed by atoms with Crippen LogP contribution in [0.5, 0.6) is 11.5 Å². The standard InChI is InChI=1S/C23H30N2O3/c1-22(2,3)16-11-15(21(28)17(12-16)23(4,5)6)13-24-14-20(27)25-18-9-7-8-10-19(18)26/h7-13,26,28H,14H2,1-6H3,(H,25,27). The first kappa shape index (κ1) is 21.5. The molecule has 0 aliphatic carbocycles. The zero-order valence-electron chi connectivity index (χ0n) is 17.5. The number of hydrogen-bond acceptors (Lipinski definition) is 4. The maximum atomic E-state index is 12.1. The van der Waals surface area contributed by atoms with Gasteiger partial charge in [-0.15, -0.1) is 0 Å². The molecule has 5 heteroatoms. The van der Waals surface area contributed by atoms with E-state index in [1.807, 2.05) is 12.1 Å². The number of phenolic OH excluding ortho intramolecular Hbond substituents is 2. The second-order valence-corrected chi connectivity index (χ2v) is 9.00. The van der Waals surface area contributed by atoms with Crippen LogP contribution in [0.25, 0.3) is 0 Å². The maximum Gasteiger partial charge on any atom is 0.246 e. The van der Waals surface area contributed by atoms with E-state index >= 15 is 0 Å². The van der Waals surface area contributed by atoms with E-state index < -0.39 is 0 Å². The van der Waals surface area contributed by atoms with E-state index in [4.69, 9.17) is 0 Å². The summed E-state index contributed by atoms with van der Waals surface area (Å²) < 4.78 is 0. The van der Waals surface area contributed by atoms with Gasteiger partial charge in [0, 0.05) is 17.3 Å². The molecule has 2 rings (SSSR count). The largest absolute Gasteiger partial charge is 0.507 e. The fraction of sp³-hybridized carbons (Fsp3) is 0.391. The summed E-state index contributed by atoms with van der Waals surface area (Å²) in [4.78, 5) is 16.3. The van der Waals surface area contributed by atoms with Gasteiger partial charge in [0.15, 0.2) is 0 Å². The van der Waals surface area contributed by atoms with Gasteiger partial charge in [0.2, 0.25) is 5.91 Å². The first-order valence-electron chi connectivity index (χ1n) is 9.35. The summed E-state index contributed by atoms with van der Waals surface area (Å²) in [6, 6.07) is 10.5. The summed E-state index contributed by atoms with van der Waals surface area (Å²) in [7, 11) is 0. The zero-order chi connectivity index (χ0) is 21.1. The number of nitrogens with zero attached hydrogens (tertiary/aromatic N) is 1. The number of rotatable bonds is 4. The Bertz CT molecular complexity index is 888. The van der Waals surface area contributed by atoms with Gasteiger partial charge >= 0.3 is 0 Å². The van der Waals surface area contributed by atoms with Crippen molar-refractivity contribution >= 4 is 17.8 Å². The van der Waals surface area contributed by atoms with Gasteiger partial charge in [0.1, 0.15) is 18.0 Å². The van der Waals surface area contributed by atoms with Gasteiger partial charge in [0.05, 0.1) is 5.69 Å². The first-order valence-corrected chi connectivity index (χ1v) is 9.35. The van der Waals surface area contributed by atoms with Gasteiger partial charge in [-0.1, -0.05) is 59.7 Å². The summed E-state index contributed by atoms with van der Waals surface area (Å²) in [6.45, 7) is 12.4. The van der Waals surface area contributed by atoms with Crippen molar-refractivity contribution in [3.8, 4) is 11.5 Å². The molecule has 28 heavy (non-hydrogen) atoms. The van der Waals surface area contributed by atoms with Gasteiger partial charge in [-0.05, 0) is 34.6 Å². The van der Waals surface area contributed by atoms with Crippen LogP contribution in [0.1, 0.15) is 58.2 Å². The molecule has 0 atom stereocenters. The van der Waals surface area contributed by atoms with Crippen LogP contribution in [0.2, 0.25) is 0 Å². The van der Waals surface area contributed by atoms with E-state index in [1.54, 1.807) is 18.2 Å².